The molecule has 1 aliphatic rings. The molecule has 0 radical (unpaired) electrons. The topological polar surface area (TPSA) is 71.6 Å². The number of nitrogens with zero attached hydrogens (tertiary/aromatic N) is 1. The van der Waals surface area contributed by atoms with Gasteiger partial charge in [-0.2, -0.15) is 0 Å². The van der Waals surface area contributed by atoms with Gasteiger partial charge in [-0.05, 0) is 69.9 Å². The van der Waals surface area contributed by atoms with Crippen LogP contribution in [-0.4, -0.2) is 47.8 Å². The van der Waals surface area contributed by atoms with Crippen LogP contribution in [0.3, 0.4) is 0 Å². The van der Waals surface area contributed by atoms with Gasteiger partial charge < -0.3 is 14.5 Å². The van der Waals surface area contributed by atoms with Crippen molar-refractivity contribution < 1.29 is 19.1 Å². The van der Waals surface area contributed by atoms with E-state index in [9.17, 15) is 9.59 Å². The van der Waals surface area contributed by atoms with Gasteiger partial charge in [-0.3, -0.25) is 14.5 Å². The van der Waals surface area contributed by atoms with Gasteiger partial charge in [0.1, 0.15) is 0 Å². The fourth-order valence-electron chi connectivity index (χ4n) is 4.13. The number of H-pyrrole nitrogens is 1. The number of hydrogen-bond donors (Lipinski definition) is 1. The zero-order valence-corrected chi connectivity index (χ0v) is 18.0. The van der Waals surface area contributed by atoms with Crippen LogP contribution in [0.5, 0.6) is 11.5 Å². The maximum atomic E-state index is 12.9. The Morgan fingerprint density at radius 3 is 2.24 bits per heavy atom. The summed E-state index contributed by atoms with van der Waals surface area (Å²) in [7, 11) is 0. The van der Waals surface area contributed by atoms with Crippen molar-refractivity contribution in [2.24, 2.45) is 0 Å². The van der Waals surface area contributed by atoms with Gasteiger partial charge in [0.05, 0.1) is 25.5 Å². The molecule has 0 atom stereocenters. The number of hydrogen-bond acceptors (Lipinski definition) is 5. The summed E-state index contributed by atoms with van der Waals surface area (Å²) in [6.07, 6.45) is 0.858. The number of aromatic nitrogens is 1. The van der Waals surface area contributed by atoms with E-state index in [1.807, 2.05) is 33.8 Å². The molecule has 0 spiro atoms. The van der Waals surface area contributed by atoms with Crippen LogP contribution < -0.4 is 9.47 Å². The van der Waals surface area contributed by atoms with Crippen LogP contribution in [0.2, 0.25) is 0 Å². The molecule has 0 aliphatic carbocycles. The summed E-state index contributed by atoms with van der Waals surface area (Å²) in [6.45, 7) is 12.1. The highest BCUT2D eigenvalue weighted by Crippen LogP contribution is 2.34. The lowest BCUT2D eigenvalue weighted by Crippen LogP contribution is -2.35. The molecule has 2 heterocycles. The van der Waals surface area contributed by atoms with Gasteiger partial charge in [0.2, 0.25) is 0 Å². The minimum Gasteiger partial charge on any atom is -0.490 e. The van der Waals surface area contributed by atoms with Crippen molar-refractivity contribution in [1.29, 1.82) is 0 Å². The van der Waals surface area contributed by atoms with Crippen molar-refractivity contribution in [3.8, 4) is 11.5 Å². The minimum atomic E-state index is -0.0178. The van der Waals surface area contributed by atoms with E-state index in [2.05, 4.69) is 16.0 Å². The summed E-state index contributed by atoms with van der Waals surface area (Å²) in [5.74, 6) is 1.53. The first-order chi connectivity index (χ1) is 13.8. The number of carbonyl (C=O) groups is 2. The highest BCUT2D eigenvalue weighted by molar-refractivity contribution is 6.03. The van der Waals surface area contributed by atoms with Crippen molar-refractivity contribution in [2.75, 3.05) is 26.3 Å². The van der Waals surface area contributed by atoms with Crippen LogP contribution >= 0.6 is 0 Å². The molecule has 29 heavy (non-hydrogen) atoms. The van der Waals surface area contributed by atoms with Gasteiger partial charge in [-0.1, -0.05) is 0 Å². The molecule has 1 aromatic carbocycles. The molecular weight excluding hydrogens is 368 g/mol. The second kappa shape index (κ2) is 8.82. The molecule has 0 amide bonds. The fourth-order valence-corrected chi connectivity index (χ4v) is 4.13. The second-order valence-electron chi connectivity index (χ2n) is 7.50. The molecule has 1 aromatic heterocycles. The van der Waals surface area contributed by atoms with Gasteiger partial charge in [0.25, 0.3) is 0 Å². The van der Waals surface area contributed by atoms with Crippen LogP contribution in [0.1, 0.15) is 64.0 Å². The van der Waals surface area contributed by atoms with Crippen molar-refractivity contribution in [1.82, 2.24) is 9.88 Å². The average molecular weight is 399 g/mol. The Morgan fingerprint density at radius 2 is 1.69 bits per heavy atom. The Hall–Kier alpha value is -2.60. The smallest absolute Gasteiger partial charge is 0.193 e. The van der Waals surface area contributed by atoms with Crippen molar-refractivity contribution in [3.05, 3.63) is 45.8 Å². The molecule has 3 rings (SSSR count). The SMILES string of the molecule is CCOc1cc2c(cc1OCC)CN(CC(=O)c1[nH]c(C)c(C(C)=O)c1C)CC2. The van der Waals surface area contributed by atoms with Gasteiger partial charge in [0.15, 0.2) is 23.1 Å². The number of carbonyl (C=O) groups excluding carboxylic acids is 2. The van der Waals surface area contributed by atoms with Crippen LogP contribution in [-0.2, 0) is 13.0 Å². The number of aryl methyl sites for hydroxylation is 1. The molecule has 1 N–H and O–H groups in total. The number of Topliss-reactive ketones (excluding diaryl/α,β-unsaturated/α-hetero) is 2. The minimum absolute atomic E-state index is 0.0116. The van der Waals surface area contributed by atoms with Crippen molar-refractivity contribution in [3.63, 3.8) is 0 Å². The Labute approximate surface area is 172 Å². The van der Waals surface area contributed by atoms with E-state index in [-0.39, 0.29) is 11.6 Å². The zero-order chi connectivity index (χ0) is 21.1. The molecule has 6 nitrogen and oxygen atoms in total. The zero-order valence-electron chi connectivity index (χ0n) is 18.0. The molecule has 2 aromatic rings. The van der Waals surface area contributed by atoms with Crippen molar-refractivity contribution >= 4 is 11.6 Å². The number of aromatic amines is 1. The molecule has 0 unspecified atom stereocenters. The van der Waals surface area contributed by atoms with E-state index in [0.29, 0.717) is 37.6 Å². The number of benzene rings is 1. The molecule has 0 saturated heterocycles. The lowest BCUT2D eigenvalue weighted by Gasteiger charge is -2.29. The van der Waals surface area contributed by atoms with E-state index in [0.717, 1.165) is 35.7 Å². The number of ketones is 2. The van der Waals surface area contributed by atoms with Gasteiger partial charge >= 0.3 is 0 Å². The third-order valence-corrected chi connectivity index (χ3v) is 5.39. The Balaban J connectivity index is 1.77. The lowest BCUT2D eigenvalue weighted by molar-refractivity contribution is 0.0916. The van der Waals surface area contributed by atoms with E-state index in [1.54, 1.807) is 0 Å². The summed E-state index contributed by atoms with van der Waals surface area (Å²) in [6, 6.07) is 4.11. The predicted molar refractivity (Wildman–Crippen MR) is 112 cm³/mol. The maximum absolute atomic E-state index is 12.9. The van der Waals surface area contributed by atoms with Gasteiger partial charge in [-0.15, -0.1) is 0 Å². The molecule has 0 saturated carbocycles. The molecule has 156 valence electrons. The van der Waals surface area contributed by atoms with Crippen LogP contribution in [0, 0.1) is 13.8 Å². The monoisotopic (exact) mass is 398 g/mol. The van der Waals surface area contributed by atoms with E-state index >= 15 is 0 Å². The highest BCUT2D eigenvalue weighted by Gasteiger charge is 2.24. The largest absolute Gasteiger partial charge is 0.490 e. The highest BCUT2D eigenvalue weighted by atomic mass is 16.5. The summed E-state index contributed by atoms with van der Waals surface area (Å²) in [5, 5.41) is 0. The molecule has 0 fully saturated rings. The summed E-state index contributed by atoms with van der Waals surface area (Å²) in [5.41, 5.74) is 5.08. The van der Waals surface area contributed by atoms with Crippen LogP contribution in [0.25, 0.3) is 0 Å². The normalized spacial score (nSPS) is 13.8. The lowest BCUT2D eigenvalue weighted by atomic mass is 9.98. The second-order valence-corrected chi connectivity index (χ2v) is 7.50. The summed E-state index contributed by atoms with van der Waals surface area (Å²) < 4.78 is 11.5. The molecule has 1 aliphatic heterocycles. The number of fused-ring (bicyclic) bond motifs is 1. The Morgan fingerprint density at radius 1 is 1.07 bits per heavy atom. The quantitative estimate of drug-likeness (QED) is 0.684. The number of ether oxygens (including phenoxy) is 2. The maximum Gasteiger partial charge on any atom is 0.193 e. The van der Waals surface area contributed by atoms with E-state index in [4.69, 9.17) is 9.47 Å². The van der Waals surface area contributed by atoms with Crippen LogP contribution in [0.15, 0.2) is 12.1 Å². The predicted octanol–water partition coefficient (Wildman–Crippen LogP) is 3.87. The fraction of sp³-hybridized carbons (Fsp3) is 0.478. The van der Waals surface area contributed by atoms with Gasteiger partial charge in [0, 0.05) is 24.3 Å². The number of nitrogens with one attached hydrogen (secondary N) is 1. The molecular formula is C23H30N2O4. The Kier molecular flexibility index (Phi) is 6.42. The summed E-state index contributed by atoms with van der Waals surface area (Å²) in [4.78, 5) is 30.0. The average Bonchev–Trinajstić information content (AvgIpc) is 2.97. The third-order valence-electron chi connectivity index (χ3n) is 5.39. The first-order valence-electron chi connectivity index (χ1n) is 10.2. The molecule has 6 heteroatoms. The van der Waals surface area contributed by atoms with E-state index < -0.39 is 0 Å². The van der Waals surface area contributed by atoms with Crippen molar-refractivity contribution in [2.45, 2.75) is 47.6 Å². The van der Waals surface area contributed by atoms with Crippen LogP contribution in [0.4, 0.5) is 0 Å². The summed E-state index contributed by atoms with van der Waals surface area (Å²) >= 11 is 0. The van der Waals surface area contributed by atoms with E-state index in [1.165, 1.54) is 18.1 Å². The third kappa shape index (κ3) is 4.37. The standard InChI is InChI=1S/C23H30N2O4/c1-6-28-20-10-17-8-9-25(12-18(17)11-21(20)29-7-2)13-19(27)23-14(3)22(16(5)26)15(4)24-23/h10-11,24H,6-9,12-13H2,1-5H3. The first kappa shape index (κ1) is 21.1. The van der Waals surface area contributed by atoms with Gasteiger partial charge in [-0.25, -0.2) is 0 Å². The molecule has 0 bridgehead atoms. The Bertz CT molecular complexity index is 929. The first-order valence-corrected chi connectivity index (χ1v) is 10.2. The number of rotatable bonds is 8.